The number of anilines is 1. The van der Waals surface area contributed by atoms with E-state index in [-0.39, 0.29) is 34.6 Å². The molecule has 0 atom stereocenters. The molecule has 1 aromatic heterocycles. The highest BCUT2D eigenvalue weighted by atomic mass is 35.5. The molecule has 3 rings (SSSR count). The summed E-state index contributed by atoms with van der Waals surface area (Å²) in [7, 11) is 0. The molecule has 27 heavy (non-hydrogen) atoms. The lowest BCUT2D eigenvalue weighted by Gasteiger charge is -2.15. The molecule has 0 spiro atoms. The van der Waals surface area contributed by atoms with E-state index >= 15 is 0 Å². The number of alkyl halides is 3. The van der Waals surface area contributed by atoms with Crippen LogP contribution in [0, 0.1) is 0 Å². The standard InChI is InChI=1S/C19H15F3N2O2.ClH/c20-19(21,22)15-8-4-7-13-16(14(18(25)26)11-24-17(13)15)23-10-9-12-5-2-1-3-6-12;/h1-8,11H,9-10H2,(H,23,24)(H,25,26);1H. The summed E-state index contributed by atoms with van der Waals surface area (Å²) in [5, 5.41) is 12.5. The number of para-hydroxylation sites is 1. The normalized spacial score (nSPS) is 11.1. The van der Waals surface area contributed by atoms with Gasteiger partial charge in [-0.3, -0.25) is 4.98 Å². The average Bonchev–Trinajstić information content (AvgIpc) is 2.61. The lowest BCUT2D eigenvalue weighted by Crippen LogP contribution is -2.12. The molecule has 0 aliphatic rings. The van der Waals surface area contributed by atoms with Gasteiger partial charge in [0, 0.05) is 18.1 Å². The predicted octanol–water partition coefficient (Wildman–Crippen LogP) is 5.03. The van der Waals surface area contributed by atoms with Gasteiger partial charge in [0.15, 0.2) is 0 Å². The number of rotatable bonds is 5. The number of nitrogens with one attached hydrogen (secondary N) is 1. The van der Waals surface area contributed by atoms with Gasteiger partial charge in [-0.15, -0.1) is 12.4 Å². The number of aromatic carboxylic acids is 1. The highest BCUT2D eigenvalue weighted by molar-refractivity contribution is 6.05. The quantitative estimate of drug-likeness (QED) is 0.635. The molecule has 0 bridgehead atoms. The first-order valence-corrected chi connectivity index (χ1v) is 7.88. The fourth-order valence-electron chi connectivity index (χ4n) is 2.78. The molecule has 0 radical (unpaired) electrons. The van der Waals surface area contributed by atoms with Gasteiger partial charge in [-0.2, -0.15) is 13.2 Å². The first-order chi connectivity index (χ1) is 12.4. The summed E-state index contributed by atoms with van der Waals surface area (Å²) in [6, 6.07) is 13.1. The number of fused-ring (bicyclic) bond motifs is 1. The molecule has 3 aromatic rings. The number of carbonyl (C=O) groups is 1. The Morgan fingerprint density at radius 1 is 1.07 bits per heavy atom. The van der Waals surface area contributed by atoms with Crippen LogP contribution in [0.4, 0.5) is 18.9 Å². The van der Waals surface area contributed by atoms with Crippen molar-refractivity contribution in [3.05, 3.63) is 71.4 Å². The van der Waals surface area contributed by atoms with Crippen molar-refractivity contribution >= 4 is 35.0 Å². The second kappa shape index (κ2) is 8.26. The molecule has 142 valence electrons. The van der Waals surface area contributed by atoms with Crippen LogP contribution in [0.15, 0.2) is 54.7 Å². The zero-order valence-electron chi connectivity index (χ0n) is 14.0. The minimum absolute atomic E-state index is 0. The van der Waals surface area contributed by atoms with E-state index in [0.29, 0.717) is 13.0 Å². The summed E-state index contributed by atoms with van der Waals surface area (Å²) < 4.78 is 39.6. The Bertz CT molecular complexity index is 947. The van der Waals surface area contributed by atoms with Gasteiger partial charge < -0.3 is 10.4 Å². The number of aromatic nitrogens is 1. The fourth-order valence-corrected chi connectivity index (χ4v) is 2.78. The fraction of sp³-hybridized carbons (Fsp3) is 0.158. The minimum Gasteiger partial charge on any atom is -0.478 e. The number of carboxylic acid groups (broad SMARTS) is 1. The predicted molar refractivity (Wildman–Crippen MR) is 99.6 cm³/mol. The molecule has 2 aromatic carbocycles. The van der Waals surface area contributed by atoms with Gasteiger partial charge >= 0.3 is 12.1 Å². The van der Waals surface area contributed by atoms with E-state index in [0.717, 1.165) is 17.8 Å². The minimum atomic E-state index is -4.57. The lowest BCUT2D eigenvalue weighted by molar-refractivity contribution is -0.136. The van der Waals surface area contributed by atoms with Gasteiger partial charge in [-0.25, -0.2) is 4.79 Å². The number of benzene rings is 2. The number of pyridine rings is 1. The number of nitrogens with zero attached hydrogens (tertiary/aromatic N) is 1. The van der Waals surface area contributed by atoms with Crippen LogP contribution in [0.3, 0.4) is 0 Å². The molecule has 0 amide bonds. The average molecular weight is 397 g/mol. The summed E-state index contributed by atoms with van der Waals surface area (Å²) in [4.78, 5) is 15.2. The highest BCUT2D eigenvalue weighted by Gasteiger charge is 2.33. The number of hydrogen-bond acceptors (Lipinski definition) is 3. The Morgan fingerprint density at radius 3 is 2.41 bits per heavy atom. The van der Waals surface area contributed by atoms with Crippen molar-refractivity contribution in [2.24, 2.45) is 0 Å². The SMILES string of the molecule is Cl.O=C(O)c1cnc2c(C(F)(F)F)cccc2c1NCCc1ccccc1. The summed E-state index contributed by atoms with van der Waals surface area (Å²) in [5.74, 6) is -1.25. The Balaban J connectivity index is 0.00000261. The van der Waals surface area contributed by atoms with Crippen molar-refractivity contribution < 1.29 is 23.1 Å². The number of carboxylic acids is 1. The Labute approximate surface area is 159 Å². The molecule has 0 aliphatic heterocycles. The third kappa shape index (κ3) is 4.49. The van der Waals surface area contributed by atoms with E-state index in [1.54, 1.807) is 0 Å². The van der Waals surface area contributed by atoms with Crippen LogP contribution in [0.25, 0.3) is 10.9 Å². The Hall–Kier alpha value is -2.80. The number of halogens is 4. The Kier molecular flexibility index (Phi) is 6.28. The van der Waals surface area contributed by atoms with Crippen LogP contribution in [0.2, 0.25) is 0 Å². The van der Waals surface area contributed by atoms with Crippen molar-refractivity contribution in [2.45, 2.75) is 12.6 Å². The van der Waals surface area contributed by atoms with Gasteiger partial charge in [-0.1, -0.05) is 42.5 Å². The zero-order valence-corrected chi connectivity index (χ0v) is 14.8. The van der Waals surface area contributed by atoms with Gasteiger partial charge in [0.05, 0.1) is 16.8 Å². The summed E-state index contributed by atoms with van der Waals surface area (Å²) in [6.45, 7) is 0.375. The summed E-state index contributed by atoms with van der Waals surface area (Å²) >= 11 is 0. The van der Waals surface area contributed by atoms with E-state index < -0.39 is 17.7 Å². The third-order valence-corrected chi connectivity index (χ3v) is 3.99. The van der Waals surface area contributed by atoms with E-state index in [1.165, 1.54) is 12.1 Å². The molecule has 1 heterocycles. The van der Waals surface area contributed by atoms with Crippen LogP contribution in [0.1, 0.15) is 21.5 Å². The van der Waals surface area contributed by atoms with E-state index in [9.17, 15) is 23.1 Å². The van der Waals surface area contributed by atoms with Crippen LogP contribution in [-0.2, 0) is 12.6 Å². The molecule has 0 fully saturated rings. The molecule has 2 N–H and O–H groups in total. The third-order valence-electron chi connectivity index (χ3n) is 3.99. The van der Waals surface area contributed by atoms with Crippen LogP contribution in [-0.4, -0.2) is 22.6 Å². The Morgan fingerprint density at radius 2 is 1.78 bits per heavy atom. The summed E-state index contributed by atoms with van der Waals surface area (Å²) in [5.41, 5.74) is -0.147. The van der Waals surface area contributed by atoms with E-state index in [2.05, 4.69) is 10.3 Å². The molecule has 0 aliphatic carbocycles. The first kappa shape index (κ1) is 20.5. The van der Waals surface area contributed by atoms with E-state index in [4.69, 9.17) is 0 Å². The van der Waals surface area contributed by atoms with Crippen molar-refractivity contribution in [1.29, 1.82) is 0 Å². The van der Waals surface area contributed by atoms with Gasteiger partial charge in [0.2, 0.25) is 0 Å². The first-order valence-electron chi connectivity index (χ1n) is 7.88. The molecule has 0 unspecified atom stereocenters. The van der Waals surface area contributed by atoms with Crippen molar-refractivity contribution in [1.82, 2.24) is 4.98 Å². The van der Waals surface area contributed by atoms with Crippen LogP contribution < -0.4 is 5.32 Å². The van der Waals surface area contributed by atoms with Crippen molar-refractivity contribution in [3.63, 3.8) is 0 Å². The van der Waals surface area contributed by atoms with Gasteiger partial charge in [0.1, 0.15) is 5.56 Å². The largest absolute Gasteiger partial charge is 0.478 e. The van der Waals surface area contributed by atoms with Crippen LogP contribution >= 0.6 is 12.4 Å². The maximum absolute atomic E-state index is 13.2. The van der Waals surface area contributed by atoms with Crippen LogP contribution in [0.5, 0.6) is 0 Å². The topological polar surface area (TPSA) is 62.2 Å². The highest BCUT2D eigenvalue weighted by Crippen LogP contribution is 2.36. The van der Waals surface area contributed by atoms with Gasteiger partial charge in [0.25, 0.3) is 0 Å². The molecular weight excluding hydrogens is 381 g/mol. The smallest absolute Gasteiger partial charge is 0.418 e. The lowest BCUT2D eigenvalue weighted by atomic mass is 10.0. The monoisotopic (exact) mass is 396 g/mol. The van der Waals surface area contributed by atoms with Crippen molar-refractivity contribution in [2.75, 3.05) is 11.9 Å². The maximum Gasteiger partial charge on any atom is 0.418 e. The number of hydrogen-bond donors (Lipinski definition) is 2. The second-order valence-corrected chi connectivity index (χ2v) is 5.71. The summed E-state index contributed by atoms with van der Waals surface area (Å²) in [6.07, 6.45) is -3.01. The molecule has 8 heteroatoms. The zero-order chi connectivity index (χ0) is 18.7. The molecule has 0 saturated heterocycles. The molecule has 0 saturated carbocycles. The second-order valence-electron chi connectivity index (χ2n) is 5.71. The maximum atomic E-state index is 13.2. The van der Waals surface area contributed by atoms with Crippen molar-refractivity contribution in [3.8, 4) is 0 Å². The van der Waals surface area contributed by atoms with Gasteiger partial charge in [-0.05, 0) is 18.1 Å². The van der Waals surface area contributed by atoms with E-state index in [1.807, 2.05) is 30.3 Å². The molecule has 4 nitrogen and oxygen atoms in total. The molecular formula is C19H16ClF3N2O2.